The van der Waals surface area contributed by atoms with Crippen LogP contribution in [0, 0.1) is 0 Å². The molecule has 14 heavy (non-hydrogen) atoms. The number of likely N-dealkylation sites (N-methyl/N-ethyl adjacent to an activating group) is 2. The lowest BCUT2D eigenvalue weighted by Gasteiger charge is -2.10. The summed E-state index contributed by atoms with van der Waals surface area (Å²) in [7, 11) is 4.43. The van der Waals surface area contributed by atoms with Gasteiger partial charge in [-0.05, 0) is 12.2 Å². The number of hydrogen-bond acceptors (Lipinski definition) is 4. The van der Waals surface area contributed by atoms with Gasteiger partial charge in [0, 0.05) is 14.1 Å². The average molecular weight is 214 g/mol. The molecule has 0 bridgehead atoms. The molecule has 0 aromatic carbocycles. The van der Waals surface area contributed by atoms with E-state index in [0.29, 0.717) is 5.11 Å². The Morgan fingerprint density at radius 1 is 1.43 bits per heavy atom. The van der Waals surface area contributed by atoms with Crippen molar-refractivity contribution < 1.29 is 14.3 Å². The Morgan fingerprint density at radius 2 is 2.00 bits per heavy atom. The van der Waals surface area contributed by atoms with Crippen LogP contribution in [0.5, 0.6) is 0 Å². The van der Waals surface area contributed by atoms with Crippen molar-refractivity contribution in [3.63, 3.8) is 0 Å². The molecule has 0 aliphatic carbocycles. The van der Waals surface area contributed by atoms with Crippen LogP contribution in [0.4, 0.5) is 0 Å². The molecule has 0 aromatic rings. The number of hydrogen-bond donors (Lipinski definition) is 0. The van der Waals surface area contributed by atoms with Crippen LogP contribution in [0.15, 0.2) is 11.8 Å². The number of nitrogens with zero attached hydrogens (tertiary/aromatic N) is 2. The van der Waals surface area contributed by atoms with Gasteiger partial charge in [-0.3, -0.25) is 9.69 Å². The summed E-state index contributed by atoms with van der Waals surface area (Å²) in [6.07, 6.45) is 1.12. The summed E-state index contributed by atoms with van der Waals surface area (Å²) in [6.45, 7) is 0. The largest absolute Gasteiger partial charge is 0.466 e. The first kappa shape index (κ1) is 10.6. The molecule has 0 saturated carbocycles. The molecule has 1 saturated heterocycles. The molecule has 5 nitrogen and oxygen atoms in total. The third-order valence-corrected chi connectivity index (χ3v) is 2.46. The highest BCUT2D eigenvalue weighted by Gasteiger charge is 2.33. The minimum atomic E-state index is -0.571. The minimum Gasteiger partial charge on any atom is -0.466 e. The van der Waals surface area contributed by atoms with Gasteiger partial charge in [0.2, 0.25) is 0 Å². The SMILES string of the molecule is COC(=O)/C=C1\C(=O)N(C)C(=S)N1C. The summed E-state index contributed by atoms with van der Waals surface area (Å²) in [4.78, 5) is 25.2. The minimum absolute atomic E-state index is 0.226. The van der Waals surface area contributed by atoms with Crippen molar-refractivity contribution >= 4 is 29.2 Å². The lowest BCUT2D eigenvalue weighted by molar-refractivity contribution is -0.135. The highest BCUT2D eigenvalue weighted by molar-refractivity contribution is 7.80. The normalized spacial score (nSPS) is 19.5. The van der Waals surface area contributed by atoms with Crippen molar-refractivity contribution in [3.05, 3.63) is 11.8 Å². The van der Waals surface area contributed by atoms with Gasteiger partial charge in [-0.15, -0.1) is 0 Å². The van der Waals surface area contributed by atoms with E-state index in [1.165, 1.54) is 16.9 Å². The van der Waals surface area contributed by atoms with Crippen LogP contribution in [0.3, 0.4) is 0 Å². The highest BCUT2D eigenvalue weighted by atomic mass is 32.1. The van der Waals surface area contributed by atoms with Gasteiger partial charge in [-0.1, -0.05) is 0 Å². The molecule has 1 rings (SSSR count). The Balaban J connectivity index is 3.01. The Labute approximate surface area is 86.9 Å². The molecule has 1 heterocycles. The summed E-state index contributed by atoms with van der Waals surface area (Å²) in [5.74, 6) is -0.874. The van der Waals surface area contributed by atoms with E-state index in [2.05, 4.69) is 4.74 Å². The quantitative estimate of drug-likeness (QED) is 0.342. The maximum atomic E-state index is 11.5. The number of carbonyl (C=O) groups is 2. The third kappa shape index (κ3) is 1.60. The lowest BCUT2D eigenvalue weighted by Crippen LogP contribution is -2.26. The third-order valence-electron chi connectivity index (χ3n) is 1.91. The maximum absolute atomic E-state index is 11.5. The Bertz CT molecular complexity index is 337. The van der Waals surface area contributed by atoms with Crippen molar-refractivity contribution in [2.45, 2.75) is 0 Å². The number of amides is 1. The van der Waals surface area contributed by atoms with E-state index in [9.17, 15) is 9.59 Å². The molecule has 0 unspecified atom stereocenters. The van der Waals surface area contributed by atoms with Crippen LogP contribution in [0.1, 0.15) is 0 Å². The zero-order chi connectivity index (χ0) is 10.9. The van der Waals surface area contributed by atoms with E-state index >= 15 is 0 Å². The molecule has 1 aliphatic rings. The van der Waals surface area contributed by atoms with Gasteiger partial charge in [0.05, 0.1) is 13.2 Å². The van der Waals surface area contributed by atoms with Gasteiger partial charge >= 0.3 is 5.97 Å². The van der Waals surface area contributed by atoms with Gasteiger partial charge < -0.3 is 9.64 Å². The van der Waals surface area contributed by atoms with Crippen LogP contribution in [-0.4, -0.2) is 48.0 Å². The van der Waals surface area contributed by atoms with E-state index in [4.69, 9.17) is 12.2 Å². The van der Waals surface area contributed by atoms with Gasteiger partial charge in [-0.25, -0.2) is 4.79 Å². The zero-order valence-electron chi connectivity index (χ0n) is 8.10. The van der Waals surface area contributed by atoms with Gasteiger partial charge in [-0.2, -0.15) is 0 Å². The van der Waals surface area contributed by atoms with Crippen molar-refractivity contribution in [1.82, 2.24) is 9.80 Å². The summed E-state index contributed by atoms with van der Waals surface area (Å²) < 4.78 is 4.42. The van der Waals surface area contributed by atoms with Gasteiger partial charge in [0.1, 0.15) is 5.70 Å². The Morgan fingerprint density at radius 3 is 2.36 bits per heavy atom. The predicted molar refractivity (Wildman–Crippen MR) is 53.2 cm³/mol. The number of methoxy groups -OCH3 is 1. The Kier molecular flexibility index (Phi) is 2.85. The maximum Gasteiger partial charge on any atom is 0.332 e. The van der Waals surface area contributed by atoms with Crippen LogP contribution in [0.2, 0.25) is 0 Å². The highest BCUT2D eigenvalue weighted by Crippen LogP contribution is 2.17. The van der Waals surface area contributed by atoms with Gasteiger partial charge in [0.15, 0.2) is 5.11 Å². The first-order valence-electron chi connectivity index (χ1n) is 3.84. The molecule has 0 spiro atoms. The number of rotatable bonds is 1. The van der Waals surface area contributed by atoms with E-state index in [1.807, 2.05) is 0 Å². The molecule has 0 atom stereocenters. The lowest BCUT2D eigenvalue weighted by atomic mass is 10.3. The second kappa shape index (κ2) is 3.75. The van der Waals surface area contributed by atoms with Crippen molar-refractivity contribution in [2.75, 3.05) is 21.2 Å². The fourth-order valence-electron chi connectivity index (χ4n) is 1.06. The first-order valence-corrected chi connectivity index (χ1v) is 4.25. The number of thiocarbonyl (C=S) groups is 1. The second-order valence-electron chi connectivity index (χ2n) is 2.76. The molecule has 1 fully saturated rings. The van der Waals surface area contributed by atoms with E-state index < -0.39 is 5.97 Å². The zero-order valence-corrected chi connectivity index (χ0v) is 8.92. The van der Waals surface area contributed by atoms with Crippen molar-refractivity contribution in [1.29, 1.82) is 0 Å². The van der Waals surface area contributed by atoms with E-state index in [0.717, 1.165) is 6.08 Å². The monoisotopic (exact) mass is 214 g/mol. The summed E-state index contributed by atoms with van der Waals surface area (Å²) in [5, 5.41) is 0.366. The predicted octanol–water partition coefficient (Wildman–Crippen LogP) is -0.268. The number of ether oxygens (including phenoxy) is 1. The molecule has 6 heteroatoms. The second-order valence-corrected chi connectivity index (χ2v) is 3.12. The van der Waals surface area contributed by atoms with E-state index in [1.54, 1.807) is 14.1 Å². The van der Waals surface area contributed by atoms with E-state index in [-0.39, 0.29) is 11.6 Å². The standard InChI is InChI=1S/C8H10N2O3S/c1-9-5(4-6(11)13-3)7(12)10(2)8(9)14/h4H,1-3H3/b5-4+. The molecule has 0 aromatic heterocycles. The van der Waals surface area contributed by atoms with Crippen LogP contribution < -0.4 is 0 Å². The van der Waals surface area contributed by atoms with Gasteiger partial charge in [0.25, 0.3) is 5.91 Å². The first-order chi connectivity index (χ1) is 6.49. The molecular weight excluding hydrogens is 204 g/mol. The molecule has 0 radical (unpaired) electrons. The fourth-order valence-corrected chi connectivity index (χ4v) is 1.24. The molecule has 0 N–H and O–H groups in total. The van der Waals surface area contributed by atoms with Crippen molar-refractivity contribution in [2.24, 2.45) is 0 Å². The summed E-state index contributed by atoms with van der Waals surface area (Å²) in [6, 6.07) is 0. The summed E-state index contributed by atoms with van der Waals surface area (Å²) in [5.41, 5.74) is 0.226. The number of carbonyl (C=O) groups excluding carboxylic acids is 2. The van der Waals surface area contributed by atoms with Crippen LogP contribution in [-0.2, 0) is 14.3 Å². The molecule has 1 amide bonds. The smallest absolute Gasteiger partial charge is 0.332 e. The number of esters is 1. The Hall–Kier alpha value is -1.43. The topological polar surface area (TPSA) is 49.9 Å². The summed E-state index contributed by atoms with van der Waals surface area (Å²) >= 11 is 4.95. The van der Waals surface area contributed by atoms with Crippen LogP contribution in [0.25, 0.3) is 0 Å². The van der Waals surface area contributed by atoms with Crippen molar-refractivity contribution in [3.8, 4) is 0 Å². The average Bonchev–Trinajstić information content (AvgIpc) is 2.35. The molecule has 76 valence electrons. The van der Waals surface area contributed by atoms with Crippen LogP contribution >= 0.6 is 12.2 Å². The molecule has 1 aliphatic heterocycles. The molecular formula is C8H10N2O3S. The fraction of sp³-hybridized carbons (Fsp3) is 0.375.